The van der Waals surface area contributed by atoms with Crippen molar-refractivity contribution in [2.45, 2.75) is 63.3 Å². The first-order valence-corrected chi connectivity index (χ1v) is 12.5. The van der Waals surface area contributed by atoms with E-state index in [0.717, 1.165) is 37.7 Å². The Hall–Kier alpha value is -2.71. The summed E-state index contributed by atoms with van der Waals surface area (Å²) in [5.74, 6) is -0.455. The van der Waals surface area contributed by atoms with Crippen molar-refractivity contribution in [2.75, 3.05) is 17.7 Å². The number of amides is 2. The number of rotatable bonds is 7. The van der Waals surface area contributed by atoms with Crippen LogP contribution in [0.25, 0.3) is 0 Å². The van der Waals surface area contributed by atoms with Crippen molar-refractivity contribution < 1.29 is 18.0 Å². The van der Waals surface area contributed by atoms with Crippen LogP contribution >= 0.6 is 0 Å². The smallest absolute Gasteiger partial charge is 0.255 e. The number of anilines is 2. The summed E-state index contributed by atoms with van der Waals surface area (Å²) in [6.45, 7) is 3.59. The van der Waals surface area contributed by atoms with Crippen LogP contribution in [0.1, 0.15) is 61.4 Å². The van der Waals surface area contributed by atoms with Crippen LogP contribution in [0.4, 0.5) is 11.4 Å². The van der Waals surface area contributed by atoms with Gasteiger partial charge in [0.1, 0.15) is 0 Å². The zero-order chi connectivity index (χ0) is 23.3. The number of sulfonamides is 1. The molecule has 0 heterocycles. The molecular weight excluding hydrogens is 426 g/mol. The molecule has 8 heteroatoms. The lowest BCUT2D eigenvalue weighted by molar-refractivity contribution is -0.115. The van der Waals surface area contributed by atoms with Crippen LogP contribution in [0.2, 0.25) is 0 Å². The zero-order valence-corrected chi connectivity index (χ0v) is 19.7. The first-order valence-electron chi connectivity index (χ1n) is 11.0. The van der Waals surface area contributed by atoms with Crippen LogP contribution in [0.5, 0.6) is 0 Å². The van der Waals surface area contributed by atoms with Crippen LogP contribution in [0, 0.1) is 6.92 Å². The summed E-state index contributed by atoms with van der Waals surface area (Å²) in [7, 11) is -1.97. The molecule has 0 spiro atoms. The lowest BCUT2D eigenvalue weighted by Crippen LogP contribution is -2.38. The van der Waals surface area contributed by atoms with Gasteiger partial charge in [0.15, 0.2) is 0 Å². The van der Waals surface area contributed by atoms with Crippen molar-refractivity contribution in [3.8, 4) is 0 Å². The molecule has 32 heavy (non-hydrogen) atoms. The highest BCUT2D eigenvalue weighted by atomic mass is 32.2. The molecule has 0 atom stereocenters. The van der Waals surface area contributed by atoms with E-state index >= 15 is 0 Å². The number of nitrogens with one attached hydrogen (secondary N) is 2. The van der Waals surface area contributed by atoms with Gasteiger partial charge < -0.3 is 10.6 Å². The van der Waals surface area contributed by atoms with E-state index in [0.29, 0.717) is 23.4 Å². The monoisotopic (exact) mass is 457 g/mol. The maximum atomic E-state index is 13.0. The van der Waals surface area contributed by atoms with E-state index in [1.165, 1.54) is 28.6 Å². The van der Waals surface area contributed by atoms with E-state index in [4.69, 9.17) is 0 Å². The van der Waals surface area contributed by atoms with Gasteiger partial charge in [0.05, 0.1) is 4.90 Å². The number of benzene rings is 2. The summed E-state index contributed by atoms with van der Waals surface area (Å²) in [6.07, 6.45) is 5.38. The fraction of sp³-hybridized carbons (Fsp3) is 0.417. The predicted molar refractivity (Wildman–Crippen MR) is 126 cm³/mol. The maximum Gasteiger partial charge on any atom is 0.255 e. The molecule has 1 aliphatic rings. The Morgan fingerprint density at radius 1 is 0.969 bits per heavy atom. The molecular formula is C24H31N3O4S. The van der Waals surface area contributed by atoms with Gasteiger partial charge in [-0.1, -0.05) is 32.3 Å². The highest BCUT2D eigenvalue weighted by Gasteiger charge is 2.29. The standard InChI is InChI=1S/C24H31N3O4S/c1-4-23(28)25-21-11-8-12-22(17(21)2)26-24(29)18-13-15-20(16-14-18)32(30,31)27(3)19-9-6-5-7-10-19/h8,11-16,19H,4-7,9-10H2,1-3H3,(H,25,28)(H,26,29). The Labute approximate surface area is 190 Å². The summed E-state index contributed by atoms with van der Waals surface area (Å²) in [6, 6.07) is 11.3. The summed E-state index contributed by atoms with van der Waals surface area (Å²) in [4.78, 5) is 24.6. The first kappa shape index (κ1) is 23.9. The second-order valence-corrected chi connectivity index (χ2v) is 10.2. The summed E-state index contributed by atoms with van der Waals surface area (Å²) < 4.78 is 27.5. The van der Waals surface area contributed by atoms with Crippen LogP contribution in [-0.2, 0) is 14.8 Å². The average Bonchev–Trinajstić information content (AvgIpc) is 2.81. The van der Waals surface area contributed by atoms with E-state index in [-0.39, 0.29) is 22.8 Å². The number of carbonyl (C=O) groups is 2. The van der Waals surface area contributed by atoms with E-state index in [2.05, 4.69) is 10.6 Å². The van der Waals surface area contributed by atoms with Crippen LogP contribution < -0.4 is 10.6 Å². The van der Waals surface area contributed by atoms with Crippen LogP contribution in [0.15, 0.2) is 47.4 Å². The number of carbonyl (C=O) groups excluding carboxylic acids is 2. The second kappa shape index (κ2) is 10.3. The predicted octanol–water partition coefficient (Wildman–Crippen LogP) is 4.55. The molecule has 2 N–H and O–H groups in total. The number of hydrogen-bond donors (Lipinski definition) is 2. The van der Waals surface area contributed by atoms with Crippen molar-refractivity contribution in [3.63, 3.8) is 0 Å². The minimum absolute atomic E-state index is 0.0279. The van der Waals surface area contributed by atoms with Gasteiger partial charge in [-0.05, 0) is 61.7 Å². The molecule has 1 saturated carbocycles. The van der Waals surface area contributed by atoms with E-state index in [9.17, 15) is 18.0 Å². The Morgan fingerprint density at radius 2 is 1.56 bits per heavy atom. The molecule has 0 saturated heterocycles. The Bertz CT molecular complexity index is 1070. The number of nitrogens with zero attached hydrogens (tertiary/aromatic N) is 1. The van der Waals surface area contributed by atoms with Gasteiger partial charge in [-0.15, -0.1) is 0 Å². The molecule has 0 radical (unpaired) electrons. The Kier molecular flexibility index (Phi) is 7.69. The second-order valence-electron chi connectivity index (χ2n) is 8.17. The first-order chi connectivity index (χ1) is 15.2. The van der Waals surface area contributed by atoms with Gasteiger partial charge >= 0.3 is 0 Å². The lowest BCUT2D eigenvalue weighted by Gasteiger charge is -2.30. The molecule has 172 valence electrons. The molecule has 0 aromatic heterocycles. The molecule has 2 aromatic carbocycles. The highest BCUT2D eigenvalue weighted by Crippen LogP contribution is 2.27. The van der Waals surface area contributed by atoms with Gasteiger partial charge in [-0.25, -0.2) is 8.42 Å². The highest BCUT2D eigenvalue weighted by molar-refractivity contribution is 7.89. The van der Waals surface area contributed by atoms with Gasteiger partial charge in [0, 0.05) is 36.4 Å². The van der Waals surface area contributed by atoms with E-state index in [1.54, 1.807) is 32.2 Å². The van der Waals surface area contributed by atoms with E-state index < -0.39 is 10.0 Å². The van der Waals surface area contributed by atoms with Crippen molar-refractivity contribution in [3.05, 3.63) is 53.6 Å². The molecule has 3 rings (SSSR count). The molecule has 0 aliphatic heterocycles. The largest absolute Gasteiger partial charge is 0.326 e. The quantitative estimate of drug-likeness (QED) is 0.638. The minimum atomic E-state index is -3.60. The molecule has 2 aromatic rings. The maximum absolute atomic E-state index is 13.0. The molecule has 0 bridgehead atoms. The Morgan fingerprint density at radius 3 is 2.16 bits per heavy atom. The lowest BCUT2D eigenvalue weighted by atomic mass is 9.96. The summed E-state index contributed by atoms with van der Waals surface area (Å²) >= 11 is 0. The van der Waals surface area contributed by atoms with Crippen molar-refractivity contribution in [1.82, 2.24) is 4.31 Å². The minimum Gasteiger partial charge on any atom is -0.326 e. The fourth-order valence-electron chi connectivity index (χ4n) is 3.93. The zero-order valence-electron chi connectivity index (χ0n) is 18.8. The molecule has 7 nitrogen and oxygen atoms in total. The topological polar surface area (TPSA) is 95.6 Å². The van der Waals surface area contributed by atoms with Gasteiger partial charge in [0.25, 0.3) is 5.91 Å². The van der Waals surface area contributed by atoms with Crippen LogP contribution in [0.3, 0.4) is 0 Å². The van der Waals surface area contributed by atoms with Gasteiger partial charge in [-0.3, -0.25) is 9.59 Å². The molecule has 0 unspecified atom stereocenters. The number of hydrogen-bond acceptors (Lipinski definition) is 4. The molecule has 2 amide bonds. The van der Waals surface area contributed by atoms with Gasteiger partial charge in [-0.2, -0.15) is 4.31 Å². The van der Waals surface area contributed by atoms with Gasteiger partial charge in [0.2, 0.25) is 15.9 Å². The summed E-state index contributed by atoms with van der Waals surface area (Å²) in [5, 5.41) is 5.65. The van der Waals surface area contributed by atoms with Crippen molar-refractivity contribution in [1.29, 1.82) is 0 Å². The fourth-order valence-corrected chi connectivity index (χ4v) is 5.34. The van der Waals surface area contributed by atoms with Crippen molar-refractivity contribution in [2.24, 2.45) is 0 Å². The molecule has 1 aliphatic carbocycles. The van der Waals surface area contributed by atoms with E-state index in [1.807, 2.05) is 6.92 Å². The Balaban J connectivity index is 1.73. The summed E-state index contributed by atoms with van der Waals surface area (Å²) in [5.41, 5.74) is 2.32. The third-order valence-corrected chi connectivity index (χ3v) is 7.98. The third-order valence-electron chi connectivity index (χ3n) is 6.06. The molecule has 1 fully saturated rings. The van der Waals surface area contributed by atoms with Crippen LogP contribution in [-0.4, -0.2) is 37.6 Å². The van der Waals surface area contributed by atoms with Crippen molar-refractivity contribution >= 4 is 33.2 Å². The SMILES string of the molecule is CCC(=O)Nc1cccc(NC(=O)c2ccc(S(=O)(=O)N(C)C3CCCCC3)cc2)c1C. The third kappa shape index (κ3) is 5.37. The average molecular weight is 458 g/mol. The normalized spacial score (nSPS) is 14.9.